The summed E-state index contributed by atoms with van der Waals surface area (Å²) in [5, 5.41) is 2.22. The van der Waals surface area contributed by atoms with Gasteiger partial charge in [-0.2, -0.15) is 0 Å². The second kappa shape index (κ2) is 14.5. The third-order valence-corrected chi connectivity index (χ3v) is 12.6. The molecule has 12 rings (SSSR count). The summed E-state index contributed by atoms with van der Waals surface area (Å²) in [6.45, 7) is 0. The van der Waals surface area contributed by atoms with Crippen molar-refractivity contribution in [1.82, 2.24) is 9.97 Å². The Morgan fingerprint density at radius 1 is 0.339 bits per heavy atom. The first-order valence-corrected chi connectivity index (χ1v) is 21.2. The topological polar surface area (TPSA) is 38.9 Å². The van der Waals surface area contributed by atoms with Crippen LogP contribution in [0.4, 0.5) is 0 Å². The molecule has 0 atom stereocenters. The second-order valence-corrected chi connectivity index (χ2v) is 16.0. The van der Waals surface area contributed by atoms with Gasteiger partial charge >= 0.3 is 0 Å². The molecule has 0 fully saturated rings. The molecule has 0 amide bonds. The minimum absolute atomic E-state index is 0.500. The van der Waals surface area contributed by atoms with Crippen LogP contribution in [0.1, 0.15) is 22.3 Å². The van der Waals surface area contributed by atoms with E-state index in [1.54, 1.807) is 0 Å². The first kappa shape index (κ1) is 35.8. The fraction of sp³-hybridized carbons (Fsp3) is 0.0169. The van der Waals surface area contributed by atoms with Gasteiger partial charge in [-0.1, -0.05) is 206 Å². The molecule has 1 aliphatic rings. The number of furan rings is 1. The van der Waals surface area contributed by atoms with E-state index in [1.807, 2.05) is 36.4 Å². The molecular weight excluding hydrogens is 753 g/mol. The summed E-state index contributed by atoms with van der Waals surface area (Å²) in [7, 11) is 0. The first-order valence-electron chi connectivity index (χ1n) is 21.2. The van der Waals surface area contributed by atoms with Crippen LogP contribution in [0.25, 0.3) is 89.2 Å². The van der Waals surface area contributed by atoms with E-state index in [9.17, 15) is 0 Å². The van der Waals surface area contributed by atoms with Crippen LogP contribution < -0.4 is 0 Å². The zero-order valence-corrected chi connectivity index (χ0v) is 33.7. The van der Waals surface area contributed by atoms with E-state index < -0.39 is 5.41 Å². The van der Waals surface area contributed by atoms with Gasteiger partial charge in [-0.05, 0) is 79.9 Å². The Morgan fingerprint density at radius 2 is 0.871 bits per heavy atom. The number of hydrogen-bond acceptors (Lipinski definition) is 3. The van der Waals surface area contributed by atoms with E-state index in [-0.39, 0.29) is 0 Å². The Balaban J connectivity index is 1.07. The average molecular weight is 791 g/mol. The highest BCUT2D eigenvalue weighted by atomic mass is 16.3. The van der Waals surface area contributed by atoms with Gasteiger partial charge in [0, 0.05) is 27.5 Å². The summed E-state index contributed by atoms with van der Waals surface area (Å²) in [5.41, 5.74) is 18.0. The Labute approximate surface area is 360 Å². The number of fused-ring (bicyclic) bond motifs is 6. The van der Waals surface area contributed by atoms with Crippen molar-refractivity contribution >= 4 is 21.9 Å². The molecule has 0 aliphatic heterocycles. The number of nitrogens with zero attached hydrogens (tertiary/aromatic N) is 2. The molecule has 290 valence electrons. The molecule has 0 spiro atoms. The Kier molecular flexibility index (Phi) is 8.39. The third-order valence-electron chi connectivity index (χ3n) is 12.6. The fourth-order valence-electron chi connectivity index (χ4n) is 9.97. The predicted molar refractivity (Wildman–Crippen MR) is 254 cm³/mol. The molecule has 0 N–H and O–H groups in total. The highest BCUT2D eigenvalue weighted by molar-refractivity contribution is 6.12. The van der Waals surface area contributed by atoms with Crippen molar-refractivity contribution in [2.75, 3.05) is 0 Å². The van der Waals surface area contributed by atoms with Crippen LogP contribution in [0, 0.1) is 0 Å². The summed E-state index contributed by atoms with van der Waals surface area (Å²) in [5.74, 6) is 0.678. The van der Waals surface area contributed by atoms with Gasteiger partial charge in [-0.3, -0.25) is 0 Å². The van der Waals surface area contributed by atoms with Crippen LogP contribution in [0.2, 0.25) is 0 Å². The van der Waals surface area contributed by atoms with Gasteiger partial charge in [0.15, 0.2) is 5.82 Å². The van der Waals surface area contributed by atoms with Crippen molar-refractivity contribution in [2.45, 2.75) is 5.41 Å². The lowest BCUT2D eigenvalue weighted by molar-refractivity contribution is 0.669. The highest BCUT2D eigenvalue weighted by Gasteiger charge is 2.46. The van der Waals surface area contributed by atoms with Crippen molar-refractivity contribution < 1.29 is 4.42 Å². The molecule has 0 saturated heterocycles. The minimum atomic E-state index is -0.500. The van der Waals surface area contributed by atoms with Crippen molar-refractivity contribution in [3.63, 3.8) is 0 Å². The molecule has 2 aromatic heterocycles. The zero-order valence-electron chi connectivity index (χ0n) is 33.7. The molecule has 0 unspecified atom stereocenters. The summed E-state index contributed by atoms with van der Waals surface area (Å²) in [6, 6.07) is 82.2. The maximum absolute atomic E-state index is 6.29. The third kappa shape index (κ3) is 5.59. The number of hydrogen-bond donors (Lipinski definition) is 0. The lowest BCUT2D eigenvalue weighted by atomic mass is 9.67. The Bertz CT molecular complexity index is 3420. The maximum atomic E-state index is 6.29. The lowest BCUT2D eigenvalue weighted by Crippen LogP contribution is -2.28. The van der Waals surface area contributed by atoms with Gasteiger partial charge in [0.05, 0.1) is 16.8 Å². The van der Waals surface area contributed by atoms with E-state index >= 15 is 0 Å². The molecular formula is C59H38N2O. The molecule has 2 heterocycles. The summed E-state index contributed by atoms with van der Waals surface area (Å²) >= 11 is 0. The summed E-state index contributed by atoms with van der Waals surface area (Å²) in [6.07, 6.45) is 0. The largest absolute Gasteiger partial charge is 0.456 e. The van der Waals surface area contributed by atoms with Crippen molar-refractivity contribution in [3.05, 3.63) is 253 Å². The van der Waals surface area contributed by atoms with Crippen LogP contribution in [-0.4, -0.2) is 9.97 Å². The minimum Gasteiger partial charge on any atom is -0.456 e. The SMILES string of the molecule is c1ccc(-c2nc(-c3cccc(-c4cccc5oc6ccccc6c45)c3)cc(-c3ccccc3-c3cccc4c3-c3ccccc3C4(c3ccccc3)c3ccccc3)n2)cc1. The molecule has 1 aliphatic carbocycles. The van der Waals surface area contributed by atoms with Crippen molar-refractivity contribution in [3.8, 4) is 67.3 Å². The van der Waals surface area contributed by atoms with E-state index in [1.165, 1.54) is 38.9 Å². The van der Waals surface area contributed by atoms with Crippen molar-refractivity contribution in [1.29, 1.82) is 0 Å². The van der Waals surface area contributed by atoms with Gasteiger partial charge < -0.3 is 4.42 Å². The van der Waals surface area contributed by atoms with E-state index in [4.69, 9.17) is 14.4 Å². The standard InChI is InChI=1S/C59H38N2O/c1-4-19-39(20-5-1)58-60-52(41-22-16-21-40(37-41)44-31-18-36-55-57(44)49-30-13-15-35-54(49)62-55)38-53(61-58)46-28-11-10-27-45(46)47-32-17-34-51-56(47)48-29-12-14-33-50(48)59(51,42-23-6-2-7-24-42)43-25-8-3-9-26-43/h1-38H. The van der Waals surface area contributed by atoms with Gasteiger partial charge in [-0.15, -0.1) is 0 Å². The number of aromatic nitrogens is 2. The molecule has 9 aromatic carbocycles. The first-order chi connectivity index (χ1) is 30.8. The molecule has 3 heteroatoms. The highest BCUT2D eigenvalue weighted by Crippen LogP contribution is 2.58. The zero-order chi connectivity index (χ0) is 41.0. The van der Waals surface area contributed by atoms with Gasteiger partial charge in [0.2, 0.25) is 0 Å². The molecule has 0 radical (unpaired) electrons. The van der Waals surface area contributed by atoms with Crippen LogP contribution >= 0.6 is 0 Å². The smallest absolute Gasteiger partial charge is 0.160 e. The fourth-order valence-corrected chi connectivity index (χ4v) is 9.97. The molecule has 0 saturated carbocycles. The van der Waals surface area contributed by atoms with Crippen LogP contribution in [0.3, 0.4) is 0 Å². The normalized spacial score (nSPS) is 12.6. The molecule has 3 nitrogen and oxygen atoms in total. The molecule has 0 bridgehead atoms. The second-order valence-electron chi connectivity index (χ2n) is 16.0. The molecule has 11 aromatic rings. The van der Waals surface area contributed by atoms with Crippen LogP contribution in [0.15, 0.2) is 235 Å². The Morgan fingerprint density at radius 3 is 1.66 bits per heavy atom. The quantitative estimate of drug-likeness (QED) is 0.161. The average Bonchev–Trinajstić information content (AvgIpc) is 3.89. The van der Waals surface area contributed by atoms with E-state index in [0.717, 1.165) is 66.7 Å². The van der Waals surface area contributed by atoms with Gasteiger partial charge in [0.1, 0.15) is 11.2 Å². The van der Waals surface area contributed by atoms with Crippen molar-refractivity contribution in [2.24, 2.45) is 0 Å². The number of benzene rings is 9. The van der Waals surface area contributed by atoms with Crippen LogP contribution in [0.5, 0.6) is 0 Å². The van der Waals surface area contributed by atoms with E-state index in [2.05, 4.69) is 194 Å². The van der Waals surface area contributed by atoms with Gasteiger partial charge in [0.25, 0.3) is 0 Å². The Hall–Kier alpha value is -8.14. The van der Waals surface area contributed by atoms with Crippen LogP contribution in [-0.2, 0) is 5.41 Å². The monoisotopic (exact) mass is 790 g/mol. The van der Waals surface area contributed by atoms with Gasteiger partial charge in [-0.25, -0.2) is 9.97 Å². The summed E-state index contributed by atoms with van der Waals surface area (Å²) in [4.78, 5) is 10.7. The lowest BCUT2D eigenvalue weighted by Gasteiger charge is -2.34. The number of para-hydroxylation sites is 1. The predicted octanol–water partition coefficient (Wildman–Crippen LogP) is 15.1. The molecule has 62 heavy (non-hydrogen) atoms. The van der Waals surface area contributed by atoms with E-state index in [0.29, 0.717) is 5.82 Å². The summed E-state index contributed by atoms with van der Waals surface area (Å²) < 4.78 is 6.29. The number of rotatable bonds is 7. The maximum Gasteiger partial charge on any atom is 0.160 e.